The summed E-state index contributed by atoms with van der Waals surface area (Å²) in [6, 6.07) is 11.3. The number of benzene rings is 1. The van der Waals surface area contributed by atoms with Gasteiger partial charge in [-0.15, -0.1) is 0 Å². The largest absolute Gasteiger partial charge is 0.308 e. The number of H-pyrrole nitrogens is 1. The molecule has 0 saturated carbocycles. The summed E-state index contributed by atoms with van der Waals surface area (Å²) in [5.41, 5.74) is 6.25. The van der Waals surface area contributed by atoms with Crippen LogP contribution in [-0.2, 0) is 0 Å². The van der Waals surface area contributed by atoms with E-state index in [0.717, 1.165) is 22.4 Å². The van der Waals surface area contributed by atoms with Crippen LogP contribution in [0.25, 0.3) is 22.4 Å². The standard InChI is InChI=1S/C14H12ClN5/c15-11-3-1-2-10(6-11)14-12(8-18-20-14)9-4-5-17-13(7-9)19-16/h1-8H,16H2,(H,17,19)(H,18,20). The van der Waals surface area contributed by atoms with Crippen LogP contribution in [0.2, 0.25) is 5.02 Å². The number of hydrogen-bond donors (Lipinski definition) is 3. The lowest BCUT2D eigenvalue weighted by molar-refractivity contribution is 1.10. The van der Waals surface area contributed by atoms with Crippen LogP contribution >= 0.6 is 11.6 Å². The number of pyridine rings is 1. The SMILES string of the molecule is NNc1cc(-c2c[nH]nc2-c2cccc(Cl)c2)ccn1. The van der Waals surface area contributed by atoms with Gasteiger partial charge in [0.05, 0.1) is 5.69 Å². The number of aromatic amines is 1. The molecule has 3 rings (SSSR count). The summed E-state index contributed by atoms with van der Waals surface area (Å²) in [5.74, 6) is 5.99. The molecule has 0 aliphatic heterocycles. The lowest BCUT2D eigenvalue weighted by Crippen LogP contribution is -2.08. The molecule has 4 N–H and O–H groups in total. The van der Waals surface area contributed by atoms with Crippen LogP contribution in [0.3, 0.4) is 0 Å². The van der Waals surface area contributed by atoms with Gasteiger partial charge < -0.3 is 5.43 Å². The average Bonchev–Trinajstić information content (AvgIpc) is 2.97. The summed E-state index contributed by atoms with van der Waals surface area (Å²) in [5, 5.41) is 7.87. The second kappa shape index (κ2) is 5.32. The minimum absolute atomic E-state index is 0.598. The van der Waals surface area contributed by atoms with Crippen molar-refractivity contribution < 1.29 is 0 Å². The van der Waals surface area contributed by atoms with E-state index in [9.17, 15) is 0 Å². The Kier molecular flexibility index (Phi) is 3.37. The highest BCUT2D eigenvalue weighted by atomic mass is 35.5. The van der Waals surface area contributed by atoms with Crippen molar-refractivity contribution in [2.24, 2.45) is 5.84 Å². The molecule has 20 heavy (non-hydrogen) atoms. The maximum atomic E-state index is 6.03. The molecular formula is C14H12ClN5. The van der Waals surface area contributed by atoms with Gasteiger partial charge in [0, 0.05) is 28.5 Å². The van der Waals surface area contributed by atoms with Crippen molar-refractivity contribution >= 4 is 17.4 Å². The van der Waals surface area contributed by atoms with Crippen LogP contribution in [0.5, 0.6) is 0 Å². The molecule has 0 spiro atoms. The minimum atomic E-state index is 0.598. The molecule has 0 amide bonds. The van der Waals surface area contributed by atoms with Crippen molar-refractivity contribution in [2.75, 3.05) is 5.43 Å². The zero-order chi connectivity index (χ0) is 13.9. The first-order valence-electron chi connectivity index (χ1n) is 6.00. The van der Waals surface area contributed by atoms with Gasteiger partial charge in [0.2, 0.25) is 0 Å². The molecule has 0 fully saturated rings. The molecule has 0 bridgehead atoms. The topological polar surface area (TPSA) is 79.6 Å². The van der Waals surface area contributed by atoms with E-state index in [1.807, 2.05) is 42.6 Å². The Morgan fingerprint density at radius 1 is 1.15 bits per heavy atom. The van der Waals surface area contributed by atoms with Gasteiger partial charge >= 0.3 is 0 Å². The molecule has 0 aliphatic rings. The Bertz CT molecular complexity index is 738. The molecule has 2 heterocycles. The molecule has 0 aliphatic carbocycles. The van der Waals surface area contributed by atoms with Gasteiger partial charge in [-0.3, -0.25) is 5.10 Å². The van der Waals surface area contributed by atoms with Gasteiger partial charge in [-0.05, 0) is 29.8 Å². The van der Waals surface area contributed by atoms with E-state index in [1.54, 1.807) is 6.20 Å². The molecule has 6 heteroatoms. The highest BCUT2D eigenvalue weighted by Crippen LogP contribution is 2.31. The normalized spacial score (nSPS) is 10.5. The lowest BCUT2D eigenvalue weighted by atomic mass is 10.0. The highest BCUT2D eigenvalue weighted by Gasteiger charge is 2.11. The average molecular weight is 286 g/mol. The van der Waals surface area contributed by atoms with Crippen LogP contribution in [0.1, 0.15) is 0 Å². The maximum absolute atomic E-state index is 6.03. The first kappa shape index (κ1) is 12.7. The predicted octanol–water partition coefficient (Wildman–Crippen LogP) is 3.08. The quantitative estimate of drug-likeness (QED) is 0.510. The number of nitrogen functional groups attached to an aromatic ring is 1. The Hall–Kier alpha value is -2.37. The molecule has 0 unspecified atom stereocenters. The van der Waals surface area contributed by atoms with Gasteiger partial charge in [0.25, 0.3) is 0 Å². The summed E-state index contributed by atoms with van der Waals surface area (Å²) < 4.78 is 0. The molecular weight excluding hydrogens is 274 g/mol. The van der Waals surface area contributed by atoms with Crippen LogP contribution in [-0.4, -0.2) is 15.2 Å². The fourth-order valence-corrected chi connectivity index (χ4v) is 2.23. The van der Waals surface area contributed by atoms with E-state index in [-0.39, 0.29) is 0 Å². The van der Waals surface area contributed by atoms with Gasteiger partial charge in [-0.2, -0.15) is 5.10 Å². The van der Waals surface area contributed by atoms with Crippen molar-refractivity contribution in [1.82, 2.24) is 15.2 Å². The summed E-state index contributed by atoms with van der Waals surface area (Å²) in [6.45, 7) is 0. The number of halogens is 1. The Labute approximate surface area is 120 Å². The molecule has 0 radical (unpaired) electrons. The summed E-state index contributed by atoms with van der Waals surface area (Å²) in [4.78, 5) is 4.10. The van der Waals surface area contributed by atoms with E-state index < -0.39 is 0 Å². The van der Waals surface area contributed by atoms with Crippen molar-refractivity contribution in [3.8, 4) is 22.4 Å². The number of anilines is 1. The van der Waals surface area contributed by atoms with Crippen molar-refractivity contribution in [3.05, 3.63) is 53.8 Å². The number of aromatic nitrogens is 3. The first-order chi connectivity index (χ1) is 9.78. The van der Waals surface area contributed by atoms with E-state index in [2.05, 4.69) is 20.6 Å². The number of nitrogens with zero attached hydrogens (tertiary/aromatic N) is 2. The highest BCUT2D eigenvalue weighted by molar-refractivity contribution is 6.30. The number of nitrogens with one attached hydrogen (secondary N) is 2. The lowest BCUT2D eigenvalue weighted by Gasteiger charge is -2.05. The van der Waals surface area contributed by atoms with Gasteiger partial charge in [0.15, 0.2) is 0 Å². The molecule has 0 saturated heterocycles. The summed E-state index contributed by atoms with van der Waals surface area (Å²) in [6.07, 6.45) is 3.53. The van der Waals surface area contributed by atoms with Crippen molar-refractivity contribution in [3.63, 3.8) is 0 Å². The smallest absolute Gasteiger partial charge is 0.140 e. The van der Waals surface area contributed by atoms with E-state index in [4.69, 9.17) is 17.4 Å². The molecule has 5 nitrogen and oxygen atoms in total. The Balaban J connectivity index is 2.10. The maximum Gasteiger partial charge on any atom is 0.140 e. The third-order valence-electron chi connectivity index (χ3n) is 2.96. The van der Waals surface area contributed by atoms with Gasteiger partial charge in [-0.25, -0.2) is 10.8 Å². The second-order valence-electron chi connectivity index (χ2n) is 4.23. The third-order valence-corrected chi connectivity index (χ3v) is 3.19. The zero-order valence-electron chi connectivity index (χ0n) is 10.5. The van der Waals surface area contributed by atoms with E-state index >= 15 is 0 Å². The van der Waals surface area contributed by atoms with Gasteiger partial charge in [0.1, 0.15) is 5.82 Å². The number of hydrogen-bond acceptors (Lipinski definition) is 4. The van der Waals surface area contributed by atoms with Crippen LogP contribution in [0, 0.1) is 0 Å². The first-order valence-corrected chi connectivity index (χ1v) is 6.38. The predicted molar refractivity (Wildman–Crippen MR) is 80.1 cm³/mol. The summed E-state index contributed by atoms with van der Waals surface area (Å²) >= 11 is 6.03. The Morgan fingerprint density at radius 3 is 2.85 bits per heavy atom. The fourth-order valence-electron chi connectivity index (χ4n) is 2.04. The molecule has 1 aromatic carbocycles. The third kappa shape index (κ3) is 2.36. The van der Waals surface area contributed by atoms with E-state index in [1.165, 1.54) is 0 Å². The van der Waals surface area contributed by atoms with Crippen LogP contribution in [0.4, 0.5) is 5.82 Å². The molecule has 0 atom stereocenters. The zero-order valence-corrected chi connectivity index (χ0v) is 11.2. The molecule has 100 valence electrons. The van der Waals surface area contributed by atoms with Crippen molar-refractivity contribution in [2.45, 2.75) is 0 Å². The van der Waals surface area contributed by atoms with Gasteiger partial charge in [-0.1, -0.05) is 23.7 Å². The number of hydrazine groups is 1. The summed E-state index contributed by atoms with van der Waals surface area (Å²) in [7, 11) is 0. The van der Waals surface area contributed by atoms with Crippen LogP contribution < -0.4 is 11.3 Å². The fraction of sp³-hybridized carbons (Fsp3) is 0. The van der Waals surface area contributed by atoms with E-state index in [0.29, 0.717) is 10.8 Å². The molecule has 3 aromatic rings. The number of rotatable bonds is 3. The van der Waals surface area contributed by atoms with Crippen LogP contribution in [0.15, 0.2) is 48.8 Å². The second-order valence-corrected chi connectivity index (χ2v) is 4.67. The monoisotopic (exact) mass is 285 g/mol. The molecule has 2 aromatic heterocycles. The van der Waals surface area contributed by atoms with Crippen molar-refractivity contribution in [1.29, 1.82) is 0 Å². The Morgan fingerprint density at radius 2 is 2.05 bits per heavy atom. The number of nitrogens with two attached hydrogens (primary N) is 1. The minimum Gasteiger partial charge on any atom is -0.308 e.